The average molecular weight is 249 g/mol. The number of rotatable bonds is 3. The second kappa shape index (κ2) is 4.91. The van der Waals surface area contributed by atoms with Crippen molar-refractivity contribution < 1.29 is 0 Å². The summed E-state index contributed by atoms with van der Waals surface area (Å²) in [6.45, 7) is 1.02. The highest BCUT2D eigenvalue weighted by Crippen LogP contribution is 2.22. The Bertz CT molecular complexity index is 491. The molecule has 2 aromatic heterocycles. The Hall–Kier alpha value is -1.30. The molecular formula is C11H15N5S. The molecule has 1 fully saturated rings. The zero-order valence-corrected chi connectivity index (χ0v) is 10.4. The minimum Gasteiger partial charge on any atom is -0.368 e. The van der Waals surface area contributed by atoms with Crippen LogP contribution in [0.15, 0.2) is 18.5 Å². The number of hydrogen-bond donors (Lipinski definition) is 1. The summed E-state index contributed by atoms with van der Waals surface area (Å²) in [6.07, 6.45) is 4.25. The largest absolute Gasteiger partial charge is 0.368 e. The lowest BCUT2D eigenvalue weighted by Crippen LogP contribution is -2.19. The van der Waals surface area contributed by atoms with Crippen molar-refractivity contribution in [1.29, 1.82) is 0 Å². The van der Waals surface area contributed by atoms with Gasteiger partial charge in [-0.05, 0) is 42.4 Å². The minimum atomic E-state index is 0.782. The van der Waals surface area contributed by atoms with Crippen LogP contribution in [-0.2, 0) is 0 Å². The number of anilines is 1. The lowest BCUT2D eigenvalue weighted by Gasteiger charge is -2.21. The van der Waals surface area contributed by atoms with E-state index in [9.17, 15) is 0 Å². The van der Waals surface area contributed by atoms with Crippen molar-refractivity contribution in [2.75, 3.05) is 23.4 Å². The molecule has 1 saturated heterocycles. The summed E-state index contributed by atoms with van der Waals surface area (Å²) in [5.74, 6) is 4.28. The molecule has 0 unspecified atom stereocenters. The van der Waals surface area contributed by atoms with Crippen molar-refractivity contribution >= 4 is 23.2 Å². The third-order valence-corrected chi connectivity index (χ3v) is 4.12. The fourth-order valence-corrected chi connectivity index (χ4v) is 3.23. The van der Waals surface area contributed by atoms with E-state index >= 15 is 0 Å². The Morgan fingerprint density at radius 3 is 3.12 bits per heavy atom. The molecule has 1 aliphatic rings. The van der Waals surface area contributed by atoms with Gasteiger partial charge in [-0.1, -0.05) is 0 Å². The molecule has 0 atom stereocenters. The number of hydrogen-bond acceptors (Lipinski definition) is 5. The van der Waals surface area contributed by atoms with Gasteiger partial charge in [0.15, 0.2) is 5.65 Å². The summed E-state index contributed by atoms with van der Waals surface area (Å²) in [7, 11) is 0. The van der Waals surface area contributed by atoms with E-state index in [0.717, 1.165) is 23.9 Å². The van der Waals surface area contributed by atoms with Gasteiger partial charge in [-0.3, -0.25) is 0 Å². The molecule has 2 aromatic rings. The number of nitrogens with one attached hydrogen (secondary N) is 1. The first kappa shape index (κ1) is 10.8. The fourth-order valence-electron chi connectivity index (χ4n) is 2.02. The first-order chi connectivity index (χ1) is 8.42. The summed E-state index contributed by atoms with van der Waals surface area (Å²) in [5, 5.41) is 15.5. The number of nitrogens with zero attached hydrogens (tertiary/aromatic N) is 4. The summed E-state index contributed by atoms with van der Waals surface area (Å²) in [6, 6.07) is 3.89. The Labute approximate surface area is 104 Å². The van der Waals surface area contributed by atoms with Crippen LogP contribution >= 0.6 is 11.8 Å². The Morgan fingerprint density at radius 1 is 1.35 bits per heavy atom. The van der Waals surface area contributed by atoms with Crippen molar-refractivity contribution in [3.8, 4) is 0 Å². The van der Waals surface area contributed by atoms with E-state index in [2.05, 4.69) is 32.4 Å². The monoisotopic (exact) mass is 249 g/mol. The van der Waals surface area contributed by atoms with E-state index in [1.54, 1.807) is 10.8 Å². The van der Waals surface area contributed by atoms with Gasteiger partial charge >= 0.3 is 0 Å². The predicted molar refractivity (Wildman–Crippen MR) is 69.3 cm³/mol. The standard InChI is InChI=1S/C11H15N5S/c1-2-11-14-13-8-16(11)15-10(1)12-7-9-3-5-17-6-4-9/h1-2,8-9H,3-7H2,(H,12,15). The third kappa shape index (κ3) is 2.52. The van der Waals surface area contributed by atoms with E-state index in [4.69, 9.17) is 0 Å². The van der Waals surface area contributed by atoms with Gasteiger partial charge in [0.05, 0.1) is 0 Å². The highest BCUT2D eigenvalue weighted by atomic mass is 32.2. The second-order valence-corrected chi connectivity index (χ2v) is 5.51. The average Bonchev–Trinajstić information content (AvgIpc) is 2.85. The topological polar surface area (TPSA) is 55.1 Å². The Balaban J connectivity index is 1.63. The predicted octanol–water partition coefficient (Wildman–Crippen LogP) is 1.68. The summed E-state index contributed by atoms with van der Waals surface area (Å²) >= 11 is 2.06. The maximum absolute atomic E-state index is 4.39. The molecule has 0 amide bonds. The van der Waals surface area contributed by atoms with Gasteiger partial charge in [-0.2, -0.15) is 16.3 Å². The molecule has 0 bridgehead atoms. The Morgan fingerprint density at radius 2 is 2.24 bits per heavy atom. The maximum Gasteiger partial charge on any atom is 0.177 e. The van der Waals surface area contributed by atoms with Crippen LogP contribution in [0.5, 0.6) is 0 Å². The lowest BCUT2D eigenvalue weighted by atomic mass is 10.0. The highest BCUT2D eigenvalue weighted by Gasteiger charge is 2.13. The SMILES string of the molecule is c1cc2nncn2nc1NCC1CCSCC1. The summed E-state index contributed by atoms with van der Waals surface area (Å²) in [4.78, 5) is 0. The molecule has 0 aromatic carbocycles. The zero-order valence-electron chi connectivity index (χ0n) is 9.54. The van der Waals surface area contributed by atoms with Gasteiger partial charge in [-0.15, -0.1) is 15.3 Å². The highest BCUT2D eigenvalue weighted by molar-refractivity contribution is 7.99. The first-order valence-electron chi connectivity index (χ1n) is 5.90. The molecule has 17 heavy (non-hydrogen) atoms. The minimum absolute atomic E-state index is 0.782. The van der Waals surface area contributed by atoms with E-state index in [1.165, 1.54) is 24.3 Å². The van der Waals surface area contributed by atoms with Crippen molar-refractivity contribution in [3.05, 3.63) is 18.5 Å². The number of aromatic nitrogens is 4. The van der Waals surface area contributed by atoms with Crippen LogP contribution in [0.4, 0.5) is 5.82 Å². The molecule has 1 N–H and O–H groups in total. The quantitative estimate of drug-likeness (QED) is 0.897. The van der Waals surface area contributed by atoms with Gasteiger partial charge < -0.3 is 5.32 Å². The fraction of sp³-hybridized carbons (Fsp3) is 0.545. The molecule has 90 valence electrons. The number of thioether (sulfide) groups is 1. The molecule has 0 radical (unpaired) electrons. The summed E-state index contributed by atoms with van der Waals surface area (Å²) < 4.78 is 1.69. The normalized spacial score (nSPS) is 17.4. The van der Waals surface area contributed by atoms with Crippen LogP contribution in [0.2, 0.25) is 0 Å². The van der Waals surface area contributed by atoms with E-state index in [-0.39, 0.29) is 0 Å². The van der Waals surface area contributed by atoms with Gasteiger partial charge in [0, 0.05) is 6.54 Å². The molecule has 5 nitrogen and oxygen atoms in total. The molecule has 1 aliphatic heterocycles. The zero-order chi connectivity index (χ0) is 11.5. The smallest absolute Gasteiger partial charge is 0.177 e. The molecule has 0 spiro atoms. The number of fused-ring (bicyclic) bond motifs is 1. The molecule has 3 heterocycles. The first-order valence-corrected chi connectivity index (χ1v) is 7.06. The maximum atomic E-state index is 4.39. The van der Waals surface area contributed by atoms with Gasteiger partial charge in [0.25, 0.3) is 0 Å². The van der Waals surface area contributed by atoms with Gasteiger partial charge in [0.2, 0.25) is 0 Å². The van der Waals surface area contributed by atoms with Crippen LogP contribution < -0.4 is 5.32 Å². The van der Waals surface area contributed by atoms with Crippen molar-refractivity contribution in [2.24, 2.45) is 5.92 Å². The molecule has 6 heteroatoms. The molecule has 3 rings (SSSR count). The van der Waals surface area contributed by atoms with Crippen LogP contribution in [-0.4, -0.2) is 37.9 Å². The Kier molecular flexibility index (Phi) is 3.13. The van der Waals surface area contributed by atoms with Crippen LogP contribution in [0.3, 0.4) is 0 Å². The molecule has 0 aliphatic carbocycles. The lowest BCUT2D eigenvalue weighted by molar-refractivity contribution is 0.515. The molecular weight excluding hydrogens is 234 g/mol. The molecule has 0 saturated carbocycles. The van der Waals surface area contributed by atoms with E-state index < -0.39 is 0 Å². The second-order valence-electron chi connectivity index (χ2n) is 4.29. The van der Waals surface area contributed by atoms with E-state index in [1.807, 2.05) is 12.1 Å². The van der Waals surface area contributed by atoms with Crippen molar-refractivity contribution in [2.45, 2.75) is 12.8 Å². The van der Waals surface area contributed by atoms with E-state index in [0.29, 0.717) is 0 Å². The van der Waals surface area contributed by atoms with Crippen LogP contribution in [0.25, 0.3) is 5.65 Å². The van der Waals surface area contributed by atoms with Crippen molar-refractivity contribution in [1.82, 2.24) is 19.8 Å². The van der Waals surface area contributed by atoms with Crippen LogP contribution in [0.1, 0.15) is 12.8 Å². The van der Waals surface area contributed by atoms with Crippen molar-refractivity contribution in [3.63, 3.8) is 0 Å². The van der Waals surface area contributed by atoms with Gasteiger partial charge in [-0.25, -0.2) is 0 Å². The summed E-state index contributed by atoms with van der Waals surface area (Å²) in [5.41, 5.74) is 0.782. The third-order valence-electron chi connectivity index (χ3n) is 3.07. The van der Waals surface area contributed by atoms with Gasteiger partial charge in [0.1, 0.15) is 12.1 Å². The van der Waals surface area contributed by atoms with Crippen LogP contribution in [0, 0.1) is 5.92 Å².